The Hall–Kier alpha value is -3.80. The Morgan fingerprint density at radius 1 is 0.968 bits per heavy atom. The molecule has 0 spiro atoms. The Morgan fingerprint density at radius 2 is 1.65 bits per heavy atom. The molecule has 6 heteroatoms. The minimum atomic E-state index is -0.190. The van der Waals surface area contributed by atoms with E-state index in [-0.39, 0.29) is 12.5 Å². The van der Waals surface area contributed by atoms with Crippen molar-refractivity contribution in [3.05, 3.63) is 77.4 Å². The molecule has 0 fully saturated rings. The highest BCUT2D eigenvalue weighted by Crippen LogP contribution is 2.26. The number of methoxy groups -OCH3 is 1. The Kier molecular flexibility index (Phi) is 5.89. The monoisotopic (exact) mass is 416 g/mol. The quantitative estimate of drug-likeness (QED) is 0.468. The van der Waals surface area contributed by atoms with Crippen molar-refractivity contribution in [2.75, 3.05) is 13.7 Å². The van der Waals surface area contributed by atoms with E-state index in [2.05, 4.69) is 24.1 Å². The molecule has 0 unspecified atom stereocenters. The third kappa shape index (κ3) is 4.86. The lowest BCUT2D eigenvalue weighted by molar-refractivity contribution is -0.123. The standard InChI is InChI=1S/C25H24N2O4/c1-16-12-22-23(13-17(16)2)31-25(27-22)19-6-4-18(5-7-19)14-26-24(28)15-30-21-10-8-20(29-3)9-11-21/h4-13H,14-15H2,1-3H3,(H,26,28). The van der Waals surface area contributed by atoms with Gasteiger partial charge in [-0.05, 0) is 79.1 Å². The Morgan fingerprint density at radius 3 is 2.35 bits per heavy atom. The molecule has 1 N–H and O–H groups in total. The van der Waals surface area contributed by atoms with Crippen LogP contribution in [0.1, 0.15) is 16.7 Å². The van der Waals surface area contributed by atoms with Crippen LogP contribution in [0.2, 0.25) is 0 Å². The molecule has 0 aliphatic rings. The SMILES string of the molecule is COc1ccc(OCC(=O)NCc2ccc(-c3nc4cc(C)c(C)cc4o3)cc2)cc1. The van der Waals surface area contributed by atoms with Crippen molar-refractivity contribution in [2.24, 2.45) is 0 Å². The second kappa shape index (κ2) is 8.92. The fourth-order valence-electron chi connectivity index (χ4n) is 3.14. The topological polar surface area (TPSA) is 73.6 Å². The van der Waals surface area contributed by atoms with Crippen molar-refractivity contribution in [3.8, 4) is 23.0 Å². The molecule has 0 atom stereocenters. The lowest BCUT2D eigenvalue weighted by atomic mass is 10.1. The van der Waals surface area contributed by atoms with Gasteiger partial charge < -0.3 is 19.2 Å². The number of ether oxygens (including phenoxy) is 2. The smallest absolute Gasteiger partial charge is 0.258 e. The molecule has 0 radical (unpaired) electrons. The van der Waals surface area contributed by atoms with Gasteiger partial charge in [-0.15, -0.1) is 0 Å². The summed E-state index contributed by atoms with van der Waals surface area (Å²) in [5.41, 5.74) is 5.87. The summed E-state index contributed by atoms with van der Waals surface area (Å²) in [6.45, 7) is 4.49. The number of carbonyl (C=O) groups excluding carboxylic acids is 1. The molecule has 6 nitrogen and oxygen atoms in total. The average molecular weight is 416 g/mol. The third-order valence-electron chi connectivity index (χ3n) is 5.12. The van der Waals surface area contributed by atoms with E-state index in [1.54, 1.807) is 31.4 Å². The van der Waals surface area contributed by atoms with Crippen molar-refractivity contribution < 1.29 is 18.7 Å². The van der Waals surface area contributed by atoms with Crippen LogP contribution in [0.15, 0.2) is 65.1 Å². The Labute approximate surface area is 180 Å². The molecular weight excluding hydrogens is 392 g/mol. The van der Waals surface area contributed by atoms with E-state index < -0.39 is 0 Å². The van der Waals surface area contributed by atoms with Crippen molar-refractivity contribution in [1.29, 1.82) is 0 Å². The van der Waals surface area contributed by atoms with E-state index in [9.17, 15) is 4.79 Å². The maximum Gasteiger partial charge on any atom is 0.258 e. The van der Waals surface area contributed by atoms with Gasteiger partial charge in [-0.3, -0.25) is 4.79 Å². The Bertz CT molecular complexity index is 1160. The van der Waals surface area contributed by atoms with Gasteiger partial charge in [-0.25, -0.2) is 4.98 Å². The molecule has 3 aromatic carbocycles. The fourth-order valence-corrected chi connectivity index (χ4v) is 3.14. The summed E-state index contributed by atoms with van der Waals surface area (Å²) in [6.07, 6.45) is 0. The van der Waals surface area contributed by atoms with E-state index >= 15 is 0 Å². The molecule has 0 saturated carbocycles. The summed E-state index contributed by atoms with van der Waals surface area (Å²) in [6, 6.07) is 18.9. The van der Waals surface area contributed by atoms with Crippen LogP contribution in [-0.4, -0.2) is 24.6 Å². The normalized spacial score (nSPS) is 10.8. The first-order valence-electron chi connectivity index (χ1n) is 10.0. The van der Waals surface area contributed by atoms with Crippen LogP contribution in [0.4, 0.5) is 0 Å². The maximum atomic E-state index is 12.1. The van der Waals surface area contributed by atoms with Gasteiger partial charge in [0.05, 0.1) is 7.11 Å². The summed E-state index contributed by atoms with van der Waals surface area (Å²) in [5, 5.41) is 2.86. The number of nitrogens with zero attached hydrogens (tertiary/aromatic N) is 1. The van der Waals surface area contributed by atoms with Crippen LogP contribution < -0.4 is 14.8 Å². The summed E-state index contributed by atoms with van der Waals surface area (Å²) in [4.78, 5) is 16.7. The van der Waals surface area contributed by atoms with Crippen LogP contribution in [0.3, 0.4) is 0 Å². The Balaban J connectivity index is 1.32. The number of amides is 1. The van der Waals surface area contributed by atoms with Gasteiger partial charge in [0.25, 0.3) is 5.91 Å². The van der Waals surface area contributed by atoms with E-state index in [0.717, 1.165) is 28.0 Å². The number of nitrogens with one attached hydrogen (secondary N) is 1. The largest absolute Gasteiger partial charge is 0.497 e. The number of aryl methyl sites for hydroxylation is 2. The number of benzene rings is 3. The van der Waals surface area contributed by atoms with Crippen molar-refractivity contribution in [1.82, 2.24) is 10.3 Å². The van der Waals surface area contributed by atoms with Gasteiger partial charge in [-0.1, -0.05) is 12.1 Å². The number of fused-ring (bicyclic) bond motifs is 1. The lowest BCUT2D eigenvalue weighted by Gasteiger charge is -2.08. The predicted octanol–water partition coefficient (Wildman–Crippen LogP) is 4.82. The number of aromatic nitrogens is 1. The van der Waals surface area contributed by atoms with Crippen molar-refractivity contribution in [3.63, 3.8) is 0 Å². The molecule has 1 heterocycles. The summed E-state index contributed by atoms with van der Waals surface area (Å²) in [7, 11) is 1.60. The molecule has 0 saturated heterocycles. The van der Waals surface area contributed by atoms with Gasteiger partial charge in [0.15, 0.2) is 12.2 Å². The zero-order valence-electron chi connectivity index (χ0n) is 17.8. The van der Waals surface area contributed by atoms with E-state index in [1.165, 1.54) is 11.1 Å². The number of oxazole rings is 1. The molecule has 1 amide bonds. The molecule has 158 valence electrons. The number of hydrogen-bond donors (Lipinski definition) is 1. The highest BCUT2D eigenvalue weighted by molar-refractivity contribution is 5.78. The minimum absolute atomic E-state index is 0.0495. The van der Waals surface area contributed by atoms with Crippen molar-refractivity contribution in [2.45, 2.75) is 20.4 Å². The zero-order chi connectivity index (χ0) is 21.8. The summed E-state index contributed by atoms with van der Waals surface area (Å²) < 4.78 is 16.5. The summed E-state index contributed by atoms with van der Waals surface area (Å²) in [5.74, 6) is 1.75. The van der Waals surface area contributed by atoms with Crippen LogP contribution in [-0.2, 0) is 11.3 Å². The highest BCUT2D eigenvalue weighted by Gasteiger charge is 2.10. The van der Waals surface area contributed by atoms with Crippen molar-refractivity contribution >= 4 is 17.0 Å². The number of rotatable bonds is 7. The van der Waals surface area contributed by atoms with Gasteiger partial charge in [-0.2, -0.15) is 0 Å². The second-order valence-corrected chi connectivity index (χ2v) is 7.36. The van der Waals surface area contributed by atoms with E-state index in [4.69, 9.17) is 13.9 Å². The van der Waals surface area contributed by atoms with E-state index in [1.807, 2.05) is 36.4 Å². The molecule has 1 aromatic heterocycles. The van der Waals surface area contributed by atoms with Crippen LogP contribution in [0, 0.1) is 13.8 Å². The van der Waals surface area contributed by atoms with E-state index in [0.29, 0.717) is 18.2 Å². The van der Waals surface area contributed by atoms with Gasteiger partial charge in [0.2, 0.25) is 5.89 Å². The minimum Gasteiger partial charge on any atom is -0.497 e. The lowest BCUT2D eigenvalue weighted by Crippen LogP contribution is -2.28. The first-order chi connectivity index (χ1) is 15.0. The van der Waals surface area contributed by atoms with Crippen LogP contribution >= 0.6 is 0 Å². The molecule has 4 aromatic rings. The van der Waals surface area contributed by atoms with Crippen LogP contribution in [0.25, 0.3) is 22.6 Å². The first kappa shape index (κ1) is 20.5. The molecular formula is C25H24N2O4. The molecule has 0 aliphatic carbocycles. The highest BCUT2D eigenvalue weighted by atomic mass is 16.5. The molecule has 0 bridgehead atoms. The van der Waals surface area contributed by atoms with Gasteiger partial charge in [0, 0.05) is 12.1 Å². The zero-order valence-corrected chi connectivity index (χ0v) is 17.8. The van der Waals surface area contributed by atoms with Crippen LogP contribution in [0.5, 0.6) is 11.5 Å². The fraction of sp³-hybridized carbons (Fsp3) is 0.200. The number of carbonyl (C=O) groups is 1. The predicted molar refractivity (Wildman–Crippen MR) is 119 cm³/mol. The maximum absolute atomic E-state index is 12.1. The van der Waals surface area contributed by atoms with Gasteiger partial charge >= 0.3 is 0 Å². The first-order valence-corrected chi connectivity index (χ1v) is 10.0. The molecule has 4 rings (SSSR count). The second-order valence-electron chi connectivity index (χ2n) is 7.36. The summed E-state index contributed by atoms with van der Waals surface area (Å²) >= 11 is 0. The van der Waals surface area contributed by atoms with Gasteiger partial charge in [0.1, 0.15) is 17.0 Å². The third-order valence-corrected chi connectivity index (χ3v) is 5.12. The average Bonchev–Trinajstić information content (AvgIpc) is 3.20. The molecule has 31 heavy (non-hydrogen) atoms. The number of hydrogen-bond acceptors (Lipinski definition) is 5. The molecule has 0 aliphatic heterocycles.